The maximum atomic E-state index is 15.2. The molecule has 0 saturated heterocycles. The number of halogens is 5. The van der Waals surface area contributed by atoms with Crippen LogP contribution in [0.1, 0.15) is 36.0 Å². The van der Waals surface area contributed by atoms with Crippen LogP contribution < -0.4 is 9.57 Å². The van der Waals surface area contributed by atoms with E-state index in [1.807, 2.05) is 18.2 Å². The molecule has 0 unspecified atom stereocenters. The van der Waals surface area contributed by atoms with Gasteiger partial charge < -0.3 is 9.57 Å². The first kappa shape index (κ1) is 23.3. The zero-order valence-corrected chi connectivity index (χ0v) is 18.6. The predicted octanol–water partition coefficient (Wildman–Crippen LogP) is 7.09. The average Bonchev–Trinajstić information content (AvgIpc) is 2.85. The molecule has 2 atom stereocenters. The molecule has 0 amide bonds. The number of ether oxygens (including phenoxy) is 1. The molecule has 1 heterocycles. The van der Waals surface area contributed by atoms with Crippen LogP contribution in [0.15, 0.2) is 71.9 Å². The van der Waals surface area contributed by atoms with E-state index in [1.54, 1.807) is 12.1 Å². The summed E-state index contributed by atoms with van der Waals surface area (Å²) in [5.74, 6) is -1.04. The molecule has 1 saturated carbocycles. The molecule has 5 rings (SSSR count). The van der Waals surface area contributed by atoms with Gasteiger partial charge in [-0.05, 0) is 67.6 Å². The fourth-order valence-electron chi connectivity index (χ4n) is 5.20. The molecule has 1 aliphatic heterocycles. The summed E-state index contributed by atoms with van der Waals surface area (Å²) in [4.78, 5) is 5.54. The molecule has 0 radical (unpaired) electrons. The fraction of sp³-hybridized carbons (Fsp3) is 0.296. The van der Waals surface area contributed by atoms with Crippen molar-refractivity contribution in [1.82, 2.24) is 0 Å². The summed E-state index contributed by atoms with van der Waals surface area (Å²) < 4.78 is 74.7. The molecule has 3 nitrogen and oxygen atoms in total. The molecular formula is C27H22F5NO2. The average molecular weight is 487 g/mol. The molecule has 1 aliphatic carbocycles. The SMILES string of the molecule is Fc1ccc(F)c2c1OC[C@H]1C/C(=N/Oc3ccccc3)CC[C@@]21Cc1ccc(C(F)(F)F)cc1. The van der Waals surface area contributed by atoms with Crippen LogP contribution in [-0.4, -0.2) is 12.3 Å². The molecule has 0 N–H and O–H groups in total. The fourth-order valence-corrected chi connectivity index (χ4v) is 5.20. The zero-order chi connectivity index (χ0) is 24.6. The Bertz CT molecular complexity index is 1240. The Morgan fingerprint density at radius 1 is 0.943 bits per heavy atom. The number of para-hydroxylation sites is 1. The molecule has 3 aromatic rings. The summed E-state index contributed by atoms with van der Waals surface area (Å²) >= 11 is 0. The second-order valence-electron chi connectivity index (χ2n) is 9.03. The minimum atomic E-state index is -4.45. The topological polar surface area (TPSA) is 30.8 Å². The van der Waals surface area contributed by atoms with E-state index in [1.165, 1.54) is 12.1 Å². The third-order valence-corrected chi connectivity index (χ3v) is 6.93. The van der Waals surface area contributed by atoms with Gasteiger partial charge in [-0.25, -0.2) is 8.78 Å². The van der Waals surface area contributed by atoms with Crippen molar-refractivity contribution < 1.29 is 31.5 Å². The normalized spacial score (nSPS) is 22.8. The Hall–Kier alpha value is -3.42. The Balaban J connectivity index is 1.49. The third kappa shape index (κ3) is 4.49. The molecule has 0 spiro atoms. The van der Waals surface area contributed by atoms with Gasteiger partial charge in [0, 0.05) is 16.9 Å². The first-order valence-corrected chi connectivity index (χ1v) is 11.3. The van der Waals surface area contributed by atoms with Crippen molar-refractivity contribution in [1.29, 1.82) is 0 Å². The van der Waals surface area contributed by atoms with Crippen LogP contribution in [0, 0.1) is 17.6 Å². The summed E-state index contributed by atoms with van der Waals surface area (Å²) in [7, 11) is 0. The quantitative estimate of drug-likeness (QED) is 0.291. The van der Waals surface area contributed by atoms with Crippen molar-refractivity contribution in [2.24, 2.45) is 11.1 Å². The Morgan fingerprint density at radius 3 is 2.37 bits per heavy atom. The van der Waals surface area contributed by atoms with E-state index in [2.05, 4.69) is 5.16 Å². The van der Waals surface area contributed by atoms with Crippen LogP contribution in [-0.2, 0) is 18.0 Å². The van der Waals surface area contributed by atoms with Crippen LogP contribution in [0.25, 0.3) is 0 Å². The number of nitrogens with zero attached hydrogens (tertiary/aromatic N) is 1. The minimum Gasteiger partial charge on any atom is -0.490 e. The van der Waals surface area contributed by atoms with Crippen molar-refractivity contribution >= 4 is 5.71 Å². The lowest BCUT2D eigenvalue weighted by Crippen LogP contribution is -2.49. The molecule has 1 fully saturated rings. The lowest BCUT2D eigenvalue weighted by molar-refractivity contribution is -0.137. The number of oxime groups is 1. The van der Waals surface area contributed by atoms with E-state index in [0.29, 0.717) is 30.6 Å². The summed E-state index contributed by atoms with van der Waals surface area (Å²) in [6.45, 7) is 0.137. The van der Waals surface area contributed by atoms with Crippen LogP contribution in [0.2, 0.25) is 0 Å². The second kappa shape index (κ2) is 8.98. The highest BCUT2D eigenvalue weighted by Gasteiger charge is 2.50. The van der Waals surface area contributed by atoms with Gasteiger partial charge in [0.1, 0.15) is 5.82 Å². The molecule has 35 heavy (non-hydrogen) atoms. The number of hydrogen-bond acceptors (Lipinski definition) is 3. The standard InChI is InChI=1S/C27H22F5NO2/c28-22-10-11-23(29)25-24(22)26(15-17-6-8-18(9-7-17)27(30,31)32)13-12-20(14-19(26)16-34-25)33-35-21-4-2-1-3-5-21/h1-11,19H,12-16H2/b33-20+/t19-,26+/m1/s1. The Morgan fingerprint density at radius 2 is 1.66 bits per heavy atom. The van der Waals surface area contributed by atoms with Crippen LogP contribution >= 0.6 is 0 Å². The van der Waals surface area contributed by atoms with Gasteiger partial charge in [-0.3, -0.25) is 0 Å². The summed E-state index contributed by atoms with van der Waals surface area (Å²) in [6, 6.07) is 16.0. The number of alkyl halides is 3. The lowest BCUT2D eigenvalue weighted by Gasteiger charge is -2.48. The smallest absolute Gasteiger partial charge is 0.416 e. The highest BCUT2D eigenvalue weighted by molar-refractivity contribution is 5.86. The second-order valence-corrected chi connectivity index (χ2v) is 9.03. The van der Waals surface area contributed by atoms with Crippen molar-refractivity contribution in [3.63, 3.8) is 0 Å². The largest absolute Gasteiger partial charge is 0.490 e. The highest BCUT2D eigenvalue weighted by atomic mass is 19.4. The van der Waals surface area contributed by atoms with Gasteiger partial charge >= 0.3 is 6.18 Å². The summed E-state index contributed by atoms with van der Waals surface area (Å²) in [5, 5.41) is 4.29. The summed E-state index contributed by atoms with van der Waals surface area (Å²) in [5.41, 5.74) is -0.0791. The first-order valence-electron chi connectivity index (χ1n) is 11.3. The van der Waals surface area contributed by atoms with E-state index in [0.717, 1.165) is 30.0 Å². The van der Waals surface area contributed by atoms with E-state index >= 15 is 4.39 Å². The van der Waals surface area contributed by atoms with Gasteiger partial charge in [-0.15, -0.1) is 0 Å². The number of benzene rings is 3. The molecule has 0 bridgehead atoms. The van der Waals surface area contributed by atoms with Gasteiger partial charge in [0.25, 0.3) is 0 Å². The van der Waals surface area contributed by atoms with Crippen LogP contribution in [0.5, 0.6) is 11.5 Å². The monoisotopic (exact) mass is 487 g/mol. The molecule has 0 aromatic heterocycles. The Kier molecular flexibility index (Phi) is 5.99. The van der Waals surface area contributed by atoms with Gasteiger partial charge in [0.2, 0.25) is 0 Å². The summed E-state index contributed by atoms with van der Waals surface area (Å²) in [6.07, 6.45) is -2.87. The molecule has 8 heteroatoms. The molecule has 3 aromatic carbocycles. The van der Waals surface area contributed by atoms with Crippen molar-refractivity contribution in [2.45, 2.75) is 37.3 Å². The van der Waals surface area contributed by atoms with Crippen molar-refractivity contribution in [3.05, 3.63) is 95.1 Å². The predicted molar refractivity (Wildman–Crippen MR) is 121 cm³/mol. The van der Waals surface area contributed by atoms with Gasteiger partial charge in [-0.2, -0.15) is 13.2 Å². The van der Waals surface area contributed by atoms with Crippen molar-refractivity contribution in [3.8, 4) is 11.5 Å². The number of rotatable bonds is 4. The maximum Gasteiger partial charge on any atom is 0.416 e. The molecule has 2 aliphatic rings. The maximum absolute atomic E-state index is 15.2. The van der Waals surface area contributed by atoms with Crippen LogP contribution in [0.4, 0.5) is 22.0 Å². The Labute approximate surface area is 199 Å². The number of hydrogen-bond donors (Lipinski definition) is 0. The number of fused-ring (bicyclic) bond motifs is 3. The van der Waals surface area contributed by atoms with E-state index < -0.39 is 28.8 Å². The first-order chi connectivity index (χ1) is 16.8. The molecule has 182 valence electrons. The highest BCUT2D eigenvalue weighted by Crippen LogP contribution is 2.53. The van der Waals surface area contributed by atoms with Gasteiger partial charge in [0.05, 0.1) is 17.9 Å². The minimum absolute atomic E-state index is 0.117. The molecular weight excluding hydrogens is 465 g/mol. The van der Waals surface area contributed by atoms with E-state index in [9.17, 15) is 17.6 Å². The van der Waals surface area contributed by atoms with E-state index in [4.69, 9.17) is 9.57 Å². The van der Waals surface area contributed by atoms with Crippen LogP contribution in [0.3, 0.4) is 0 Å². The third-order valence-electron chi connectivity index (χ3n) is 6.93. The van der Waals surface area contributed by atoms with Crippen molar-refractivity contribution in [2.75, 3.05) is 6.61 Å². The van der Waals surface area contributed by atoms with Gasteiger partial charge in [0.15, 0.2) is 17.3 Å². The van der Waals surface area contributed by atoms with E-state index in [-0.39, 0.29) is 30.3 Å². The lowest BCUT2D eigenvalue weighted by atomic mass is 9.58. The van der Waals surface area contributed by atoms with Gasteiger partial charge in [-0.1, -0.05) is 35.5 Å². The zero-order valence-electron chi connectivity index (χ0n) is 18.6.